The SMILES string of the molecule is C=CCC(CC(=C)C)(C(=O)OCC)C(=O)OCC. The van der Waals surface area contributed by atoms with E-state index in [1.807, 2.05) is 0 Å². The monoisotopic (exact) mass is 254 g/mol. The van der Waals surface area contributed by atoms with Gasteiger partial charge in [0.05, 0.1) is 13.2 Å². The molecule has 0 bridgehead atoms. The van der Waals surface area contributed by atoms with E-state index in [9.17, 15) is 9.59 Å². The van der Waals surface area contributed by atoms with Crippen LogP contribution >= 0.6 is 0 Å². The maximum atomic E-state index is 12.1. The van der Waals surface area contributed by atoms with Crippen LogP contribution in [0, 0.1) is 5.41 Å². The van der Waals surface area contributed by atoms with Crippen molar-refractivity contribution in [3.8, 4) is 0 Å². The second-order valence-corrected chi connectivity index (χ2v) is 4.15. The van der Waals surface area contributed by atoms with Crippen LogP contribution < -0.4 is 0 Å². The molecule has 0 aliphatic heterocycles. The van der Waals surface area contributed by atoms with Crippen molar-refractivity contribution in [1.82, 2.24) is 0 Å². The number of esters is 2. The minimum atomic E-state index is -1.35. The summed E-state index contributed by atoms with van der Waals surface area (Å²) in [5, 5.41) is 0. The van der Waals surface area contributed by atoms with Crippen LogP contribution in [0.5, 0.6) is 0 Å². The minimum Gasteiger partial charge on any atom is -0.465 e. The standard InChI is InChI=1S/C14H22O4/c1-6-9-14(10-11(4)5,12(15)17-7-2)13(16)18-8-3/h6H,1,4,7-10H2,2-3,5H3. The number of ether oxygens (including phenoxy) is 2. The summed E-state index contributed by atoms with van der Waals surface area (Å²) < 4.78 is 10.00. The Morgan fingerprint density at radius 1 is 1.17 bits per heavy atom. The molecule has 0 aromatic carbocycles. The van der Waals surface area contributed by atoms with Crippen LogP contribution in [0.15, 0.2) is 24.8 Å². The summed E-state index contributed by atoms with van der Waals surface area (Å²) in [6.07, 6.45) is 1.91. The van der Waals surface area contributed by atoms with Crippen LogP contribution in [0.2, 0.25) is 0 Å². The molecule has 0 saturated heterocycles. The maximum Gasteiger partial charge on any atom is 0.324 e. The summed E-state index contributed by atoms with van der Waals surface area (Å²) >= 11 is 0. The average Bonchev–Trinajstić information content (AvgIpc) is 2.28. The van der Waals surface area contributed by atoms with Gasteiger partial charge in [-0.3, -0.25) is 9.59 Å². The van der Waals surface area contributed by atoms with E-state index in [2.05, 4.69) is 13.2 Å². The van der Waals surface area contributed by atoms with Gasteiger partial charge in [0.2, 0.25) is 0 Å². The van der Waals surface area contributed by atoms with Crippen molar-refractivity contribution < 1.29 is 19.1 Å². The molecule has 0 rings (SSSR count). The van der Waals surface area contributed by atoms with Crippen molar-refractivity contribution >= 4 is 11.9 Å². The van der Waals surface area contributed by atoms with Crippen molar-refractivity contribution in [3.63, 3.8) is 0 Å². The highest BCUT2D eigenvalue weighted by molar-refractivity contribution is 6.00. The molecule has 102 valence electrons. The summed E-state index contributed by atoms with van der Waals surface area (Å²) in [5.41, 5.74) is -0.627. The van der Waals surface area contributed by atoms with Crippen LogP contribution in [0.3, 0.4) is 0 Å². The van der Waals surface area contributed by atoms with Gasteiger partial charge in [-0.1, -0.05) is 11.6 Å². The third-order valence-corrected chi connectivity index (χ3v) is 2.43. The zero-order valence-corrected chi connectivity index (χ0v) is 11.5. The average molecular weight is 254 g/mol. The van der Waals surface area contributed by atoms with E-state index in [0.29, 0.717) is 0 Å². The summed E-state index contributed by atoms with van der Waals surface area (Å²) in [4.78, 5) is 24.2. The first kappa shape index (κ1) is 16.4. The molecular weight excluding hydrogens is 232 g/mol. The lowest BCUT2D eigenvalue weighted by Crippen LogP contribution is -2.42. The molecule has 0 aromatic rings. The summed E-state index contributed by atoms with van der Waals surface area (Å²) in [6, 6.07) is 0. The first-order valence-electron chi connectivity index (χ1n) is 6.04. The van der Waals surface area contributed by atoms with Crippen LogP contribution in [0.4, 0.5) is 0 Å². The van der Waals surface area contributed by atoms with Crippen LogP contribution in [-0.4, -0.2) is 25.2 Å². The summed E-state index contributed by atoms with van der Waals surface area (Å²) in [5.74, 6) is -1.15. The van der Waals surface area contributed by atoms with Gasteiger partial charge in [0, 0.05) is 0 Å². The second-order valence-electron chi connectivity index (χ2n) is 4.15. The fraction of sp³-hybridized carbons (Fsp3) is 0.571. The van der Waals surface area contributed by atoms with Gasteiger partial charge in [0.15, 0.2) is 5.41 Å². The Labute approximate surface area is 109 Å². The molecule has 0 spiro atoms. The fourth-order valence-electron chi connectivity index (χ4n) is 1.77. The second kappa shape index (κ2) is 7.69. The number of allylic oxidation sites excluding steroid dienone is 2. The van der Waals surface area contributed by atoms with Crippen molar-refractivity contribution in [2.24, 2.45) is 5.41 Å². The Morgan fingerprint density at radius 3 is 1.89 bits per heavy atom. The molecule has 4 nitrogen and oxygen atoms in total. The molecule has 0 radical (unpaired) electrons. The maximum absolute atomic E-state index is 12.1. The number of carbonyl (C=O) groups is 2. The van der Waals surface area contributed by atoms with Crippen molar-refractivity contribution in [2.75, 3.05) is 13.2 Å². The molecule has 0 aliphatic carbocycles. The molecule has 0 saturated carbocycles. The van der Waals surface area contributed by atoms with E-state index in [1.165, 1.54) is 6.08 Å². The molecule has 0 fully saturated rings. The van der Waals surface area contributed by atoms with Gasteiger partial charge in [0.25, 0.3) is 0 Å². The smallest absolute Gasteiger partial charge is 0.324 e. The van der Waals surface area contributed by atoms with Crippen LogP contribution in [0.25, 0.3) is 0 Å². The highest BCUT2D eigenvalue weighted by Gasteiger charge is 2.47. The Morgan fingerprint density at radius 2 is 1.61 bits per heavy atom. The lowest BCUT2D eigenvalue weighted by Gasteiger charge is -2.28. The van der Waals surface area contributed by atoms with Gasteiger partial charge in [0.1, 0.15) is 0 Å². The number of carbonyl (C=O) groups excluding carboxylic acids is 2. The molecule has 4 heteroatoms. The molecule has 0 atom stereocenters. The zero-order valence-electron chi connectivity index (χ0n) is 11.5. The molecule has 0 aliphatic rings. The Hall–Kier alpha value is -1.58. The molecule has 0 unspecified atom stereocenters. The van der Waals surface area contributed by atoms with E-state index in [-0.39, 0.29) is 26.1 Å². The highest BCUT2D eigenvalue weighted by Crippen LogP contribution is 2.33. The Balaban J connectivity index is 5.38. The number of hydrogen-bond donors (Lipinski definition) is 0. The molecule has 0 amide bonds. The zero-order chi connectivity index (χ0) is 14.2. The van der Waals surface area contributed by atoms with Crippen molar-refractivity contribution in [2.45, 2.75) is 33.6 Å². The number of hydrogen-bond acceptors (Lipinski definition) is 4. The van der Waals surface area contributed by atoms with E-state index >= 15 is 0 Å². The van der Waals surface area contributed by atoms with Gasteiger partial charge in [-0.2, -0.15) is 0 Å². The Kier molecular flexibility index (Phi) is 7.01. The molecule has 18 heavy (non-hydrogen) atoms. The van der Waals surface area contributed by atoms with E-state index in [1.54, 1.807) is 20.8 Å². The topological polar surface area (TPSA) is 52.6 Å². The summed E-state index contributed by atoms with van der Waals surface area (Å²) in [7, 11) is 0. The third-order valence-electron chi connectivity index (χ3n) is 2.43. The Bertz CT molecular complexity index is 313. The third kappa shape index (κ3) is 4.02. The molecular formula is C14H22O4. The number of rotatable bonds is 8. The minimum absolute atomic E-state index is 0.178. The lowest BCUT2D eigenvalue weighted by molar-refractivity contribution is -0.171. The fourth-order valence-corrected chi connectivity index (χ4v) is 1.77. The predicted molar refractivity (Wildman–Crippen MR) is 69.9 cm³/mol. The quantitative estimate of drug-likeness (QED) is 0.379. The van der Waals surface area contributed by atoms with E-state index in [0.717, 1.165) is 5.57 Å². The van der Waals surface area contributed by atoms with E-state index < -0.39 is 17.4 Å². The van der Waals surface area contributed by atoms with Gasteiger partial charge in [-0.05, 0) is 33.6 Å². The van der Waals surface area contributed by atoms with Gasteiger partial charge in [-0.15, -0.1) is 13.2 Å². The largest absolute Gasteiger partial charge is 0.465 e. The first-order valence-corrected chi connectivity index (χ1v) is 6.04. The summed E-state index contributed by atoms with van der Waals surface area (Å²) in [6.45, 7) is 12.9. The van der Waals surface area contributed by atoms with Crippen LogP contribution in [-0.2, 0) is 19.1 Å². The first-order chi connectivity index (χ1) is 8.44. The lowest BCUT2D eigenvalue weighted by atomic mass is 9.79. The van der Waals surface area contributed by atoms with Gasteiger partial charge < -0.3 is 9.47 Å². The van der Waals surface area contributed by atoms with Gasteiger partial charge >= 0.3 is 11.9 Å². The molecule has 0 N–H and O–H groups in total. The predicted octanol–water partition coefficient (Wildman–Crippen LogP) is 2.64. The van der Waals surface area contributed by atoms with Crippen molar-refractivity contribution in [3.05, 3.63) is 24.8 Å². The highest BCUT2D eigenvalue weighted by atomic mass is 16.6. The van der Waals surface area contributed by atoms with Gasteiger partial charge in [-0.25, -0.2) is 0 Å². The molecule has 0 aromatic heterocycles. The molecule has 0 heterocycles. The van der Waals surface area contributed by atoms with Crippen molar-refractivity contribution in [1.29, 1.82) is 0 Å². The normalized spacial score (nSPS) is 10.6. The van der Waals surface area contributed by atoms with E-state index in [4.69, 9.17) is 9.47 Å². The van der Waals surface area contributed by atoms with Crippen LogP contribution in [0.1, 0.15) is 33.6 Å².